The van der Waals surface area contributed by atoms with Gasteiger partial charge in [-0.1, -0.05) is 0 Å². The minimum absolute atomic E-state index is 0.112. The van der Waals surface area contributed by atoms with Crippen LogP contribution in [0.2, 0.25) is 0 Å². The standard InChI is InChI=1S/C10H9BrF2N4O2S/c1-17-4-9(10(14)15-17)20(18,19)16-8-3-6(12)5(11)2-7(8)13/h2-4,16H,1H3,(H2,14,15). The van der Waals surface area contributed by atoms with E-state index in [1.54, 1.807) is 0 Å². The van der Waals surface area contributed by atoms with Gasteiger partial charge in [-0.25, -0.2) is 17.2 Å². The molecule has 0 fully saturated rings. The van der Waals surface area contributed by atoms with Crippen molar-refractivity contribution in [2.75, 3.05) is 10.5 Å². The van der Waals surface area contributed by atoms with Gasteiger partial charge in [0.05, 0.1) is 10.2 Å². The molecule has 2 rings (SSSR count). The summed E-state index contributed by atoms with van der Waals surface area (Å²) in [6.07, 6.45) is 1.16. The van der Waals surface area contributed by atoms with E-state index >= 15 is 0 Å². The number of nitrogens with two attached hydrogens (primary N) is 1. The molecule has 0 spiro atoms. The van der Waals surface area contributed by atoms with Crippen molar-refractivity contribution in [3.8, 4) is 0 Å². The van der Waals surface area contributed by atoms with Gasteiger partial charge in [-0.05, 0) is 22.0 Å². The molecule has 0 radical (unpaired) electrons. The Labute approximate surface area is 121 Å². The van der Waals surface area contributed by atoms with Crippen molar-refractivity contribution in [1.29, 1.82) is 0 Å². The zero-order valence-electron chi connectivity index (χ0n) is 10.1. The van der Waals surface area contributed by atoms with Crippen molar-refractivity contribution in [3.05, 3.63) is 34.4 Å². The van der Waals surface area contributed by atoms with Gasteiger partial charge in [-0.3, -0.25) is 9.40 Å². The summed E-state index contributed by atoms with van der Waals surface area (Å²) in [5.74, 6) is -1.97. The van der Waals surface area contributed by atoms with Crippen molar-refractivity contribution >= 4 is 37.5 Å². The van der Waals surface area contributed by atoms with E-state index < -0.39 is 27.3 Å². The van der Waals surface area contributed by atoms with E-state index in [1.165, 1.54) is 11.7 Å². The van der Waals surface area contributed by atoms with Gasteiger partial charge in [0, 0.05) is 19.3 Å². The first-order chi connectivity index (χ1) is 9.20. The molecule has 2 aromatic rings. The lowest BCUT2D eigenvalue weighted by Crippen LogP contribution is -2.15. The smallest absolute Gasteiger partial charge is 0.267 e. The Morgan fingerprint density at radius 1 is 1.35 bits per heavy atom. The molecule has 0 saturated heterocycles. The lowest BCUT2D eigenvalue weighted by Gasteiger charge is -2.08. The van der Waals surface area contributed by atoms with Crippen LogP contribution in [0.1, 0.15) is 0 Å². The first-order valence-corrected chi connectivity index (χ1v) is 7.45. The van der Waals surface area contributed by atoms with Crippen LogP contribution >= 0.6 is 15.9 Å². The zero-order valence-corrected chi connectivity index (χ0v) is 12.5. The van der Waals surface area contributed by atoms with Crippen molar-refractivity contribution < 1.29 is 17.2 Å². The minimum atomic E-state index is -4.16. The Morgan fingerprint density at radius 2 is 2.00 bits per heavy atom. The maximum absolute atomic E-state index is 13.6. The van der Waals surface area contributed by atoms with Crippen molar-refractivity contribution in [1.82, 2.24) is 9.78 Å². The van der Waals surface area contributed by atoms with Crippen molar-refractivity contribution in [2.45, 2.75) is 4.90 Å². The molecule has 6 nitrogen and oxygen atoms in total. The summed E-state index contributed by atoms with van der Waals surface area (Å²) in [6.45, 7) is 0. The molecule has 0 saturated carbocycles. The molecule has 108 valence electrons. The molecular weight excluding hydrogens is 358 g/mol. The molecule has 0 bridgehead atoms. The minimum Gasteiger partial charge on any atom is -0.381 e. The SMILES string of the molecule is Cn1cc(S(=O)(=O)Nc2cc(F)c(Br)cc2F)c(N)n1. The summed E-state index contributed by atoms with van der Waals surface area (Å²) in [6, 6.07) is 1.54. The Balaban J connectivity index is 2.43. The number of aryl methyl sites for hydroxylation is 1. The Kier molecular flexibility index (Phi) is 3.69. The second-order valence-corrected chi connectivity index (χ2v) is 6.41. The molecule has 0 aliphatic carbocycles. The summed E-state index contributed by atoms with van der Waals surface area (Å²) < 4.78 is 54.0. The van der Waals surface area contributed by atoms with Crippen LogP contribution in [0.3, 0.4) is 0 Å². The van der Waals surface area contributed by atoms with E-state index in [2.05, 4.69) is 21.0 Å². The fourth-order valence-electron chi connectivity index (χ4n) is 1.49. The van der Waals surface area contributed by atoms with E-state index in [0.717, 1.165) is 18.3 Å². The highest BCUT2D eigenvalue weighted by Crippen LogP contribution is 2.26. The van der Waals surface area contributed by atoms with Crippen LogP contribution in [-0.2, 0) is 17.1 Å². The maximum atomic E-state index is 13.6. The topological polar surface area (TPSA) is 90.0 Å². The summed E-state index contributed by atoms with van der Waals surface area (Å²) in [4.78, 5) is -0.317. The van der Waals surface area contributed by atoms with Gasteiger partial charge in [0.2, 0.25) is 0 Å². The molecule has 0 aliphatic heterocycles. The summed E-state index contributed by atoms with van der Waals surface area (Å²) >= 11 is 2.79. The van der Waals surface area contributed by atoms with Crippen LogP contribution in [0.5, 0.6) is 0 Å². The van der Waals surface area contributed by atoms with E-state index in [0.29, 0.717) is 0 Å². The first kappa shape index (κ1) is 14.7. The van der Waals surface area contributed by atoms with Crippen LogP contribution in [0.4, 0.5) is 20.3 Å². The molecule has 10 heteroatoms. The molecule has 3 N–H and O–H groups in total. The van der Waals surface area contributed by atoms with Gasteiger partial charge in [0.1, 0.15) is 16.5 Å². The number of benzene rings is 1. The fraction of sp³-hybridized carbons (Fsp3) is 0.100. The van der Waals surface area contributed by atoms with E-state index in [-0.39, 0.29) is 15.2 Å². The zero-order chi connectivity index (χ0) is 15.1. The Morgan fingerprint density at radius 3 is 2.55 bits per heavy atom. The summed E-state index contributed by atoms with van der Waals surface area (Å²) in [5.41, 5.74) is 4.93. The highest BCUT2D eigenvalue weighted by molar-refractivity contribution is 9.10. The molecule has 1 aromatic carbocycles. The molecule has 0 atom stereocenters. The highest BCUT2D eigenvalue weighted by Gasteiger charge is 2.22. The van der Waals surface area contributed by atoms with Crippen molar-refractivity contribution in [2.24, 2.45) is 7.05 Å². The number of hydrogen-bond donors (Lipinski definition) is 2. The predicted octanol–water partition coefficient (Wildman–Crippen LogP) is 1.84. The third kappa shape index (κ3) is 2.75. The maximum Gasteiger partial charge on any atom is 0.267 e. The number of nitrogens with one attached hydrogen (secondary N) is 1. The average Bonchev–Trinajstić information content (AvgIpc) is 2.66. The van der Waals surface area contributed by atoms with Gasteiger partial charge in [-0.15, -0.1) is 0 Å². The molecule has 0 aliphatic rings. The summed E-state index contributed by atoms with van der Waals surface area (Å²) in [7, 11) is -2.67. The highest BCUT2D eigenvalue weighted by atomic mass is 79.9. The van der Waals surface area contributed by atoms with Crippen LogP contribution in [0.15, 0.2) is 27.7 Å². The quantitative estimate of drug-likeness (QED) is 0.811. The fourth-order valence-corrected chi connectivity index (χ4v) is 2.97. The normalized spacial score (nSPS) is 11.6. The second-order valence-electron chi connectivity index (χ2n) is 3.90. The van der Waals surface area contributed by atoms with E-state index in [1.807, 2.05) is 4.72 Å². The first-order valence-electron chi connectivity index (χ1n) is 5.17. The molecular formula is C10H9BrF2N4O2S. The Hall–Kier alpha value is -1.68. The van der Waals surface area contributed by atoms with Crippen LogP contribution in [0, 0.1) is 11.6 Å². The second kappa shape index (κ2) is 5.02. The number of nitrogens with zero attached hydrogens (tertiary/aromatic N) is 2. The Bertz CT molecular complexity index is 776. The van der Waals surface area contributed by atoms with Crippen molar-refractivity contribution in [3.63, 3.8) is 0 Å². The number of anilines is 2. The number of aromatic nitrogens is 2. The third-order valence-electron chi connectivity index (χ3n) is 2.37. The molecule has 0 unspecified atom stereocenters. The molecule has 20 heavy (non-hydrogen) atoms. The van der Waals surface area contributed by atoms with E-state index in [9.17, 15) is 17.2 Å². The van der Waals surface area contributed by atoms with Gasteiger partial charge in [-0.2, -0.15) is 5.10 Å². The number of sulfonamides is 1. The average molecular weight is 367 g/mol. The molecule has 0 amide bonds. The molecule has 1 aromatic heterocycles. The van der Waals surface area contributed by atoms with E-state index in [4.69, 9.17) is 5.73 Å². The van der Waals surface area contributed by atoms with Gasteiger partial charge < -0.3 is 5.73 Å². The number of hydrogen-bond acceptors (Lipinski definition) is 4. The molecule has 1 heterocycles. The lowest BCUT2D eigenvalue weighted by atomic mass is 10.3. The largest absolute Gasteiger partial charge is 0.381 e. The van der Waals surface area contributed by atoms with Gasteiger partial charge >= 0.3 is 0 Å². The number of nitrogen functional groups attached to an aromatic ring is 1. The third-order valence-corrected chi connectivity index (χ3v) is 4.36. The predicted molar refractivity (Wildman–Crippen MR) is 72.5 cm³/mol. The summed E-state index contributed by atoms with van der Waals surface area (Å²) in [5, 5.41) is 3.67. The van der Waals surface area contributed by atoms with Gasteiger partial charge in [0.15, 0.2) is 5.82 Å². The van der Waals surface area contributed by atoms with Crippen LogP contribution in [-0.4, -0.2) is 18.2 Å². The monoisotopic (exact) mass is 366 g/mol. The number of rotatable bonds is 3. The lowest BCUT2D eigenvalue weighted by molar-refractivity contribution is 0.592. The van der Waals surface area contributed by atoms with Crippen LogP contribution < -0.4 is 10.5 Å². The van der Waals surface area contributed by atoms with Crippen LogP contribution in [0.25, 0.3) is 0 Å². The number of halogens is 3. The van der Waals surface area contributed by atoms with Gasteiger partial charge in [0.25, 0.3) is 10.0 Å².